The van der Waals surface area contributed by atoms with Crippen LogP contribution >= 0.6 is 0 Å². The van der Waals surface area contributed by atoms with Crippen LogP contribution in [0, 0.1) is 10.1 Å². The van der Waals surface area contributed by atoms with Crippen molar-refractivity contribution in [3.05, 3.63) is 64.2 Å². The number of non-ortho nitro benzene ring substituents is 1. The first kappa shape index (κ1) is 23.4. The van der Waals surface area contributed by atoms with Gasteiger partial charge in [-0.15, -0.1) is 0 Å². The number of carbonyl (C=O) groups excluding carboxylic acids is 2. The van der Waals surface area contributed by atoms with Crippen LogP contribution in [0.15, 0.2) is 53.4 Å². The van der Waals surface area contributed by atoms with Crippen LogP contribution in [-0.2, 0) is 19.6 Å². The molecule has 1 aliphatic heterocycles. The molecule has 0 saturated carbocycles. The summed E-state index contributed by atoms with van der Waals surface area (Å²) in [7, 11) is -3.72. The zero-order valence-electron chi connectivity index (χ0n) is 17.4. The van der Waals surface area contributed by atoms with Crippen LogP contribution in [0.25, 0.3) is 0 Å². The molecule has 0 unspecified atom stereocenters. The van der Waals surface area contributed by atoms with Crippen molar-refractivity contribution in [3.8, 4) is 0 Å². The molecule has 1 heterocycles. The number of piperidine rings is 1. The molecule has 11 heteroatoms. The van der Waals surface area contributed by atoms with Gasteiger partial charge in [0.15, 0.2) is 6.10 Å². The summed E-state index contributed by atoms with van der Waals surface area (Å²) in [5.74, 6) is -1.54. The fraction of sp³-hybridized carbons (Fsp3) is 0.333. The number of hydrogen-bond donors (Lipinski definition) is 1. The minimum absolute atomic E-state index is 0.00177. The van der Waals surface area contributed by atoms with Crippen LogP contribution in [0.2, 0.25) is 0 Å². The van der Waals surface area contributed by atoms with Crippen LogP contribution in [-0.4, -0.2) is 48.7 Å². The number of anilines is 1. The number of hydrogen-bond acceptors (Lipinski definition) is 7. The van der Waals surface area contributed by atoms with Crippen molar-refractivity contribution >= 4 is 33.3 Å². The molecule has 1 fully saturated rings. The third-order valence-electron chi connectivity index (χ3n) is 5.00. The van der Waals surface area contributed by atoms with Gasteiger partial charge in [0.05, 0.1) is 15.4 Å². The van der Waals surface area contributed by atoms with E-state index in [9.17, 15) is 28.1 Å². The highest BCUT2D eigenvalue weighted by Gasteiger charge is 2.27. The zero-order chi connectivity index (χ0) is 23.3. The van der Waals surface area contributed by atoms with Crippen molar-refractivity contribution in [3.63, 3.8) is 0 Å². The van der Waals surface area contributed by atoms with Gasteiger partial charge in [-0.05, 0) is 44.0 Å². The topological polar surface area (TPSA) is 136 Å². The van der Waals surface area contributed by atoms with Gasteiger partial charge in [0.2, 0.25) is 10.0 Å². The Balaban J connectivity index is 1.67. The maximum absolute atomic E-state index is 12.8. The van der Waals surface area contributed by atoms with Crippen molar-refractivity contribution in [1.82, 2.24) is 4.31 Å². The van der Waals surface area contributed by atoms with E-state index in [2.05, 4.69) is 5.32 Å². The minimum atomic E-state index is -3.72. The van der Waals surface area contributed by atoms with Gasteiger partial charge < -0.3 is 10.1 Å². The minimum Gasteiger partial charge on any atom is -0.449 e. The average molecular weight is 461 g/mol. The number of benzene rings is 2. The third kappa shape index (κ3) is 5.48. The molecule has 1 saturated heterocycles. The van der Waals surface area contributed by atoms with E-state index in [1.807, 2.05) is 0 Å². The van der Waals surface area contributed by atoms with Crippen molar-refractivity contribution in [2.24, 2.45) is 0 Å². The summed E-state index contributed by atoms with van der Waals surface area (Å²) in [6, 6.07) is 10.8. The maximum atomic E-state index is 12.8. The Morgan fingerprint density at radius 3 is 2.47 bits per heavy atom. The Morgan fingerprint density at radius 1 is 1.09 bits per heavy atom. The molecule has 32 heavy (non-hydrogen) atoms. The van der Waals surface area contributed by atoms with E-state index in [1.165, 1.54) is 59.8 Å². The molecular formula is C21H23N3O7S. The molecule has 0 aliphatic carbocycles. The molecule has 1 N–H and O–H groups in total. The Bertz CT molecular complexity index is 1130. The van der Waals surface area contributed by atoms with E-state index in [0.29, 0.717) is 13.1 Å². The van der Waals surface area contributed by atoms with Crippen molar-refractivity contribution < 1.29 is 27.7 Å². The number of amides is 1. The van der Waals surface area contributed by atoms with E-state index in [1.54, 1.807) is 0 Å². The summed E-state index contributed by atoms with van der Waals surface area (Å²) < 4.78 is 32.2. The zero-order valence-corrected chi connectivity index (χ0v) is 18.2. The number of nitro groups is 1. The lowest BCUT2D eigenvalue weighted by Crippen LogP contribution is -2.35. The Morgan fingerprint density at radius 2 is 1.78 bits per heavy atom. The first-order chi connectivity index (χ1) is 15.2. The summed E-state index contributed by atoms with van der Waals surface area (Å²) >= 11 is 0. The highest BCUT2D eigenvalue weighted by molar-refractivity contribution is 7.89. The third-order valence-corrected chi connectivity index (χ3v) is 6.89. The lowest BCUT2D eigenvalue weighted by molar-refractivity contribution is -0.384. The Labute approximate surface area is 185 Å². The van der Waals surface area contributed by atoms with Gasteiger partial charge in [-0.3, -0.25) is 14.9 Å². The molecule has 2 aromatic carbocycles. The van der Waals surface area contributed by atoms with Crippen molar-refractivity contribution in [2.75, 3.05) is 18.4 Å². The van der Waals surface area contributed by atoms with Gasteiger partial charge in [0.1, 0.15) is 0 Å². The standard InChI is InChI=1S/C21H23N3O7S/c1-15(20(25)22-17-8-6-9-18(14-17)24(27)28)31-21(26)16-7-5-10-19(13-16)32(29,30)23-11-3-2-4-12-23/h5-10,13-15H,2-4,11-12H2,1H3,(H,22,25)/t15-/m1/s1. The Kier molecular flexibility index (Phi) is 7.21. The van der Waals surface area contributed by atoms with Gasteiger partial charge in [0.25, 0.3) is 11.6 Å². The van der Waals surface area contributed by atoms with Crippen LogP contribution in [0.5, 0.6) is 0 Å². The number of rotatable bonds is 7. The summed E-state index contributed by atoms with van der Waals surface area (Å²) in [4.78, 5) is 35.1. The molecule has 1 aliphatic rings. The summed E-state index contributed by atoms with van der Waals surface area (Å²) in [6.07, 6.45) is 1.34. The molecule has 1 amide bonds. The Hall–Kier alpha value is -3.31. The summed E-state index contributed by atoms with van der Waals surface area (Å²) in [5.41, 5.74) is -0.0148. The number of nitro benzene ring substituents is 1. The molecule has 0 aromatic heterocycles. The number of nitrogens with one attached hydrogen (secondary N) is 1. The van der Waals surface area contributed by atoms with E-state index in [-0.39, 0.29) is 21.8 Å². The second kappa shape index (κ2) is 9.88. The molecular weight excluding hydrogens is 438 g/mol. The van der Waals surface area contributed by atoms with Gasteiger partial charge in [-0.25, -0.2) is 13.2 Å². The van der Waals surface area contributed by atoms with Crippen LogP contribution in [0.3, 0.4) is 0 Å². The molecule has 10 nitrogen and oxygen atoms in total. The fourth-order valence-electron chi connectivity index (χ4n) is 3.26. The van der Waals surface area contributed by atoms with Crippen LogP contribution < -0.4 is 5.32 Å². The van der Waals surface area contributed by atoms with Crippen LogP contribution in [0.1, 0.15) is 36.5 Å². The number of ether oxygens (including phenoxy) is 1. The summed E-state index contributed by atoms with van der Waals surface area (Å²) in [5, 5.41) is 13.3. The number of sulfonamides is 1. The molecule has 2 aromatic rings. The summed E-state index contributed by atoms with van der Waals surface area (Å²) in [6.45, 7) is 2.22. The number of esters is 1. The first-order valence-electron chi connectivity index (χ1n) is 10.0. The normalized spacial score (nSPS) is 15.5. The highest BCUT2D eigenvalue weighted by atomic mass is 32.2. The number of carbonyl (C=O) groups is 2. The van der Waals surface area contributed by atoms with E-state index >= 15 is 0 Å². The quantitative estimate of drug-likeness (QED) is 0.380. The lowest BCUT2D eigenvalue weighted by atomic mass is 10.2. The number of nitrogens with zero attached hydrogens (tertiary/aromatic N) is 2. The predicted molar refractivity (Wildman–Crippen MR) is 116 cm³/mol. The second-order valence-electron chi connectivity index (χ2n) is 7.34. The molecule has 1 atom stereocenters. The van der Waals surface area contributed by atoms with Gasteiger partial charge in [0, 0.05) is 30.9 Å². The molecule has 0 bridgehead atoms. The largest absolute Gasteiger partial charge is 0.449 e. The SMILES string of the molecule is C[C@@H](OC(=O)c1cccc(S(=O)(=O)N2CCCCC2)c1)C(=O)Nc1cccc([N+](=O)[O-])c1. The maximum Gasteiger partial charge on any atom is 0.338 e. The van der Waals surface area contributed by atoms with E-state index in [4.69, 9.17) is 4.74 Å². The van der Waals surface area contributed by atoms with Crippen molar-refractivity contribution in [2.45, 2.75) is 37.2 Å². The van der Waals surface area contributed by atoms with E-state index in [0.717, 1.165) is 19.3 Å². The molecule has 0 spiro atoms. The average Bonchev–Trinajstić information content (AvgIpc) is 2.79. The van der Waals surface area contributed by atoms with Crippen LogP contribution in [0.4, 0.5) is 11.4 Å². The van der Waals surface area contributed by atoms with Gasteiger partial charge in [-0.1, -0.05) is 18.6 Å². The van der Waals surface area contributed by atoms with Gasteiger partial charge >= 0.3 is 5.97 Å². The highest BCUT2D eigenvalue weighted by Crippen LogP contribution is 2.22. The molecule has 170 valence electrons. The molecule has 3 rings (SSSR count). The second-order valence-corrected chi connectivity index (χ2v) is 9.27. The fourth-order valence-corrected chi connectivity index (χ4v) is 4.82. The molecule has 0 radical (unpaired) electrons. The monoisotopic (exact) mass is 461 g/mol. The van der Waals surface area contributed by atoms with Gasteiger partial charge in [-0.2, -0.15) is 4.31 Å². The van der Waals surface area contributed by atoms with Crippen molar-refractivity contribution in [1.29, 1.82) is 0 Å². The first-order valence-corrected chi connectivity index (χ1v) is 11.5. The lowest BCUT2D eigenvalue weighted by Gasteiger charge is -2.26. The van der Waals surface area contributed by atoms with E-state index < -0.39 is 32.9 Å². The smallest absolute Gasteiger partial charge is 0.338 e. The predicted octanol–water partition coefficient (Wildman–Crippen LogP) is 2.95.